The Labute approximate surface area is 125 Å². The van der Waals surface area contributed by atoms with Gasteiger partial charge in [-0.2, -0.15) is 5.10 Å². The number of carbonyl (C=O) groups is 2. The van der Waals surface area contributed by atoms with Gasteiger partial charge < -0.3 is 5.32 Å². The minimum Gasteiger partial charge on any atom is -0.326 e. The molecule has 21 heavy (non-hydrogen) atoms. The first kappa shape index (κ1) is 16.9. The fourth-order valence-electron chi connectivity index (χ4n) is 1.70. The molecule has 0 bridgehead atoms. The molecule has 1 rings (SSSR count). The van der Waals surface area contributed by atoms with E-state index in [2.05, 4.69) is 15.8 Å². The number of hydrogen-bond acceptors (Lipinski definition) is 3. The zero-order valence-corrected chi connectivity index (χ0v) is 13.3. The van der Waals surface area contributed by atoms with Gasteiger partial charge in [0.2, 0.25) is 11.8 Å². The Morgan fingerprint density at radius 2 is 1.90 bits per heavy atom. The zero-order chi connectivity index (χ0) is 16.0. The monoisotopic (exact) mass is 289 g/mol. The number of carbonyl (C=O) groups excluding carboxylic acids is 2. The van der Waals surface area contributed by atoms with Crippen LogP contribution in [0.15, 0.2) is 23.3 Å². The van der Waals surface area contributed by atoms with Crippen molar-refractivity contribution in [3.8, 4) is 0 Å². The summed E-state index contributed by atoms with van der Waals surface area (Å²) in [6.45, 7) is 9.24. The molecule has 0 saturated heterocycles. The number of aryl methyl sites for hydroxylation is 2. The summed E-state index contributed by atoms with van der Waals surface area (Å²) < 4.78 is 0. The highest BCUT2D eigenvalue weighted by Crippen LogP contribution is 2.16. The molecular formula is C16H23N3O2. The number of rotatable bonds is 5. The number of nitrogens with one attached hydrogen (secondary N) is 2. The molecule has 114 valence electrons. The lowest BCUT2D eigenvalue weighted by molar-refractivity contribution is -0.124. The fourth-order valence-corrected chi connectivity index (χ4v) is 1.70. The Balaban J connectivity index is 2.57. The second-order valence-corrected chi connectivity index (χ2v) is 5.52. The summed E-state index contributed by atoms with van der Waals surface area (Å²) >= 11 is 0. The third-order valence-corrected chi connectivity index (χ3v) is 2.95. The molecule has 0 radical (unpaired) electrons. The van der Waals surface area contributed by atoms with Gasteiger partial charge in [0.1, 0.15) is 0 Å². The van der Waals surface area contributed by atoms with Gasteiger partial charge in [0.25, 0.3) is 0 Å². The third-order valence-electron chi connectivity index (χ3n) is 2.95. The van der Waals surface area contributed by atoms with Crippen LogP contribution in [0.2, 0.25) is 0 Å². The summed E-state index contributed by atoms with van der Waals surface area (Å²) in [6, 6.07) is 5.85. The highest BCUT2D eigenvalue weighted by Gasteiger charge is 2.08. The molecule has 1 aromatic rings. The standard InChI is InChI=1S/C16H23N3O2/c1-10(2)16(21)19-18-13(5)9-15(20)17-14-7-6-11(3)8-12(14)4/h6-8,10H,9H2,1-5H3,(H,17,20)(H,19,21). The number of amides is 2. The smallest absolute Gasteiger partial charge is 0.242 e. The molecule has 0 heterocycles. The third kappa shape index (κ3) is 5.77. The van der Waals surface area contributed by atoms with Crippen LogP contribution in [-0.4, -0.2) is 17.5 Å². The van der Waals surface area contributed by atoms with E-state index in [9.17, 15) is 9.59 Å². The molecule has 2 amide bonds. The molecule has 0 aliphatic heterocycles. The van der Waals surface area contributed by atoms with Crippen LogP contribution < -0.4 is 10.7 Å². The van der Waals surface area contributed by atoms with Crippen LogP contribution in [0.1, 0.15) is 38.3 Å². The predicted octanol–water partition coefficient (Wildman–Crippen LogP) is 2.78. The van der Waals surface area contributed by atoms with Gasteiger partial charge in [0.05, 0.1) is 6.42 Å². The average molecular weight is 289 g/mol. The predicted molar refractivity (Wildman–Crippen MR) is 85.3 cm³/mol. The number of hydrogen-bond donors (Lipinski definition) is 2. The SMILES string of the molecule is CC(CC(=O)Nc1ccc(C)cc1C)=NNC(=O)C(C)C. The van der Waals surface area contributed by atoms with Crippen LogP contribution in [0.3, 0.4) is 0 Å². The molecule has 2 N–H and O–H groups in total. The lowest BCUT2D eigenvalue weighted by Crippen LogP contribution is -2.25. The summed E-state index contributed by atoms with van der Waals surface area (Å²) in [5.41, 5.74) is 5.97. The summed E-state index contributed by atoms with van der Waals surface area (Å²) in [6.07, 6.45) is 0.145. The van der Waals surface area contributed by atoms with Crippen molar-refractivity contribution in [2.45, 2.75) is 41.0 Å². The minimum absolute atomic E-state index is 0.134. The number of anilines is 1. The van der Waals surface area contributed by atoms with Crippen molar-refractivity contribution in [2.24, 2.45) is 11.0 Å². The summed E-state index contributed by atoms with van der Waals surface area (Å²) in [7, 11) is 0. The van der Waals surface area contributed by atoms with Crippen molar-refractivity contribution in [3.05, 3.63) is 29.3 Å². The van der Waals surface area contributed by atoms with E-state index in [0.717, 1.165) is 16.8 Å². The van der Waals surface area contributed by atoms with Crippen LogP contribution in [-0.2, 0) is 9.59 Å². The van der Waals surface area contributed by atoms with Crippen molar-refractivity contribution in [1.82, 2.24) is 5.43 Å². The summed E-state index contributed by atoms with van der Waals surface area (Å²) in [4.78, 5) is 23.3. The van der Waals surface area contributed by atoms with Gasteiger partial charge in [-0.1, -0.05) is 31.5 Å². The molecule has 0 spiro atoms. The van der Waals surface area contributed by atoms with E-state index in [1.165, 1.54) is 0 Å². The van der Waals surface area contributed by atoms with E-state index in [-0.39, 0.29) is 24.2 Å². The fraction of sp³-hybridized carbons (Fsp3) is 0.438. The van der Waals surface area contributed by atoms with E-state index in [0.29, 0.717) is 5.71 Å². The van der Waals surface area contributed by atoms with Crippen molar-refractivity contribution in [1.29, 1.82) is 0 Å². The van der Waals surface area contributed by atoms with E-state index < -0.39 is 0 Å². The molecule has 0 aliphatic carbocycles. The normalized spacial score (nSPS) is 11.4. The van der Waals surface area contributed by atoms with Crippen molar-refractivity contribution in [2.75, 3.05) is 5.32 Å². The number of benzene rings is 1. The van der Waals surface area contributed by atoms with E-state index in [1.807, 2.05) is 32.0 Å². The number of hydrazone groups is 1. The molecular weight excluding hydrogens is 266 g/mol. The molecule has 0 aliphatic rings. The van der Waals surface area contributed by atoms with Crippen molar-refractivity contribution >= 4 is 23.2 Å². The Kier molecular flexibility index (Phi) is 6.09. The summed E-state index contributed by atoms with van der Waals surface area (Å²) in [5, 5.41) is 6.77. The average Bonchev–Trinajstić information content (AvgIpc) is 2.39. The quantitative estimate of drug-likeness (QED) is 0.646. The van der Waals surface area contributed by atoms with E-state index in [1.54, 1.807) is 20.8 Å². The van der Waals surface area contributed by atoms with Crippen LogP contribution >= 0.6 is 0 Å². The minimum atomic E-state index is -0.163. The second-order valence-electron chi connectivity index (χ2n) is 5.52. The molecule has 0 unspecified atom stereocenters. The molecule has 0 fully saturated rings. The molecule has 0 saturated carbocycles. The van der Waals surface area contributed by atoms with Gasteiger partial charge in [-0.05, 0) is 32.4 Å². The van der Waals surface area contributed by atoms with Crippen LogP contribution in [0, 0.1) is 19.8 Å². The van der Waals surface area contributed by atoms with Gasteiger partial charge in [0, 0.05) is 17.3 Å². The topological polar surface area (TPSA) is 70.6 Å². The Hall–Kier alpha value is -2.17. The first-order valence-corrected chi connectivity index (χ1v) is 6.99. The maximum atomic E-state index is 11.9. The van der Waals surface area contributed by atoms with E-state index >= 15 is 0 Å². The maximum absolute atomic E-state index is 11.9. The van der Waals surface area contributed by atoms with Crippen LogP contribution in [0.4, 0.5) is 5.69 Å². The highest BCUT2D eigenvalue weighted by atomic mass is 16.2. The molecule has 0 aromatic heterocycles. The highest BCUT2D eigenvalue weighted by molar-refractivity contribution is 6.06. The largest absolute Gasteiger partial charge is 0.326 e. The first-order chi connectivity index (χ1) is 9.79. The Bertz CT molecular complexity index is 563. The molecule has 5 nitrogen and oxygen atoms in total. The molecule has 1 aromatic carbocycles. The lowest BCUT2D eigenvalue weighted by Gasteiger charge is -2.09. The lowest BCUT2D eigenvalue weighted by atomic mass is 10.1. The second kappa shape index (κ2) is 7.57. The van der Waals surface area contributed by atoms with Crippen molar-refractivity contribution in [3.63, 3.8) is 0 Å². The number of nitrogens with zero attached hydrogens (tertiary/aromatic N) is 1. The van der Waals surface area contributed by atoms with Crippen molar-refractivity contribution < 1.29 is 9.59 Å². The Morgan fingerprint density at radius 3 is 2.48 bits per heavy atom. The van der Waals surface area contributed by atoms with Crippen LogP contribution in [0.25, 0.3) is 0 Å². The summed E-state index contributed by atoms with van der Waals surface area (Å²) in [5.74, 6) is -0.447. The zero-order valence-electron chi connectivity index (χ0n) is 13.3. The van der Waals surface area contributed by atoms with Crippen LogP contribution in [0.5, 0.6) is 0 Å². The van der Waals surface area contributed by atoms with Gasteiger partial charge in [0.15, 0.2) is 0 Å². The van der Waals surface area contributed by atoms with E-state index in [4.69, 9.17) is 0 Å². The van der Waals surface area contributed by atoms with Gasteiger partial charge >= 0.3 is 0 Å². The van der Waals surface area contributed by atoms with Gasteiger partial charge in [-0.15, -0.1) is 0 Å². The molecule has 5 heteroatoms. The van der Waals surface area contributed by atoms with Gasteiger partial charge in [-0.3, -0.25) is 9.59 Å². The first-order valence-electron chi connectivity index (χ1n) is 6.99. The molecule has 0 atom stereocenters. The Morgan fingerprint density at radius 1 is 1.24 bits per heavy atom. The van der Waals surface area contributed by atoms with Gasteiger partial charge in [-0.25, -0.2) is 5.43 Å². The maximum Gasteiger partial charge on any atom is 0.242 e.